The summed E-state index contributed by atoms with van der Waals surface area (Å²) in [6, 6.07) is 10.0. The fourth-order valence-corrected chi connectivity index (χ4v) is 1.16. The molecule has 0 saturated heterocycles. The molecule has 0 amide bonds. The molecule has 64 valence electrons. The summed E-state index contributed by atoms with van der Waals surface area (Å²) in [5, 5.41) is 9.11. The average molecular weight is 162 g/mol. The van der Waals surface area contributed by atoms with Crippen LogP contribution in [-0.2, 0) is 0 Å². The van der Waals surface area contributed by atoms with Crippen molar-refractivity contribution in [2.24, 2.45) is 0 Å². The van der Waals surface area contributed by atoms with Crippen LogP contribution >= 0.6 is 0 Å². The van der Waals surface area contributed by atoms with Gasteiger partial charge < -0.3 is 5.11 Å². The average Bonchev–Trinajstić information content (AvgIpc) is 2.05. The largest absolute Gasteiger partial charge is 0.389 e. The first-order valence-corrected chi connectivity index (χ1v) is 4.12. The molecule has 1 nitrogen and oxygen atoms in total. The molecule has 0 aromatic heterocycles. The quantitative estimate of drug-likeness (QED) is 0.708. The van der Waals surface area contributed by atoms with E-state index in [-0.39, 0.29) is 6.10 Å². The Morgan fingerprint density at radius 1 is 1.33 bits per heavy atom. The summed E-state index contributed by atoms with van der Waals surface area (Å²) in [5.41, 5.74) is 2.28. The molecule has 1 N–H and O–H groups in total. The zero-order chi connectivity index (χ0) is 8.97. The lowest BCUT2D eigenvalue weighted by molar-refractivity contribution is 0.244. The maximum atomic E-state index is 9.11. The molecule has 0 radical (unpaired) electrons. The highest BCUT2D eigenvalue weighted by Crippen LogP contribution is 2.12. The van der Waals surface area contributed by atoms with Gasteiger partial charge in [0.1, 0.15) is 0 Å². The minimum absolute atomic E-state index is 0.370. The second kappa shape index (κ2) is 4.07. The number of rotatable bonds is 2. The van der Waals surface area contributed by atoms with Crippen molar-refractivity contribution < 1.29 is 5.11 Å². The minimum Gasteiger partial charge on any atom is -0.389 e. The molecule has 1 heteroatoms. The normalized spacial score (nSPS) is 14.4. The Bertz CT molecular complexity index is 260. The molecule has 0 spiro atoms. The van der Waals surface area contributed by atoms with Crippen LogP contribution in [0.25, 0.3) is 5.57 Å². The molecule has 0 aliphatic carbocycles. The van der Waals surface area contributed by atoms with E-state index in [0.29, 0.717) is 0 Å². The highest BCUT2D eigenvalue weighted by Gasteiger charge is 1.95. The predicted molar refractivity (Wildman–Crippen MR) is 51.8 cm³/mol. The Labute approximate surface area is 73.4 Å². The van der Waals surface area contributed by atoms with Gasteiger partial charge in [0.15, 0.2) is 0 Å². The molecule has 1 rings (SSSR count). The standard InChI is InChI=1S/C11H14O/c1-9(8-10(2)12)11-6-4-3-5-7-11/h3-8,10,12H,1-2H3/b9-8-/t10-/m0/s1. The fraction of sp³-hybridized carbons (Fsp3) is 0.273. The van der Waals surface area contributed by atoms with Gasteiger partial charge in [-0.1, -0.05) is 36.4 Å². The molecular weight excluding hydrogens is 148 g/mol. The highest BCUT2D eigenvalue weighted by molar-refractivity contribution is 5.63. The third-order valence-corrected chi connectivity index (χ3v) is 1.72. The number of hydrogen-bond acceptors (Lipinski definition) is 1. The van der Waals surface area contributed by atoms with E-state index in [2.05, 4.69) is 0 Å². The molecule has 0 unspecified atom stereocenters. The van der Waals surface area contributed by atoms with E-state index in [1.54, 1.807) is 6.92 Å². The highest BCUT2D eigenvalue weighted by atomic mass is 16.3. The van der Waals surface area contributed by atoms with Crippen molar-refractivity contribution >= 4 is 5.57 Å². The van der Waals surface area contributed by atoms with Crippen LogP contribution < -0.4 is 0 Å². The Balaban J connectivity index is 2.85. The second-order valence-electron chi connectivity index (χ2n) is 2.96. The SMILES string of the molecule is C/C(=C/[C@H](C)O)c1ccccc1. The van der Waals surface area contributed by atoms with Crippen LogP contribution in [0.5, 0.6) is 0 Å². The van der Waals surface area contributed by atoms with E-state index >= 15 is 0 Å². The summed E-state index contributed by atoms with van der Waals surface area (Å²) in [5.74, 6) is 0. The van der Waals surface area contributed by atoms with Gasteiger partial charge in [-0.2, -0.15) is 0 Å². The van der Waals surface area contributed by atoms with Crippen LogP contribution in [0.4, 0.5) is 0 Å². The van der Waals surface area contributed by atoms with E-state index in [0.717, 1.165) is 5.57 Å². The zero-order valence-corrected chi connectivity index (χ0v) is 7.49. The van der Waals surface area contributed by atoms with Crippen LogP contribution in [0.15, 0.2) is 36.4 Å². The van der Waals surface area contributed by atoms with Crippen LogP contribution in [0.1, 0.15) is 19.4 Å². The van der Waals surface area contributed by atoms with Crippen molar-refractivity contribution in [2.45, 2.75) is 20.0 Å². The molecule has 0 saturated carbocycles. The summed E-state index contributed by atoms with van der Waals surface area (Å²) in [6.45, 7) is 3.76. The summed E-state index contributed by atoms with van der Waals surface area (Å²) in [7, 11) is 0. The fourth-order valence-electron chi connectivity index (χ4n) is 1.16. The lowest BCUT2D eigenvalue weighted by Crippen LogP contribution is -1.94. The molecular formula is C11H14O. The third kappa shape index (κ3) is 2.51. The topological polar surface area (TPSA) is 20.2 Å². The molecule has 0 bridgehead atoms. The van der Waals surface area contributed by atoms with E-state index in [9.17, 15) is 0 Å². The number of aliphatic hydroxyl groups excluding tert-OH is 1. The maximum absolute atomic E-state index is 9.11. The Kier molecular flexibility index (Phi) is 3.06. The van der Waals surface area contributed by atoms with Gasteiger partial charge in [-0.05, 0) is 25.0 Å². The van der Waals surface area contributed by atoms with Crippen molar-refractivity contribution in [1.82, 2.24) is 0 Å². The molecule has 0 fully saturated rings. The minimum atomic E-state index is -0.370. The molecule has 1 atom stereocenters. The molecule has 0 aliphatic heterocycles. The zero-order valence-electron chi connectivity index (χ0n) is 7.49. The number of hydrogen-bond donors (Lipinski definition) is 1. The number of aliphatic hydroxyl groups is 1. The van der Waals surface area contributed by atoms with Gasteiger partial charge >= 0.3 is 0 Å². The molecule has 12 heavy (non-hydrogen) atoms. The number of allylic oxidation sites excluding steroid dienone is 1. The first kappa shape index (κ1) is 9.01. The van der Waals surface area contributed by atoms with E-state index in [4.69, 9.17) is 5.11 Å². The summed E-state index contributed by atoms with van der Waals surface area (Å²) in [4.78, 5) is 0. The van der Waals surface area contributed by atoms with Gasteiger partial charge in [0.2, 0.25) is 0 Å². The predicted octanol–water partition coefficient (Wildman–Crippen LogP) is 2.47. The van der Waals surface area contributed by atoms with Gasteiger partial charge in [-0.3, -0.25) is 0 Å². The maximum Gasteiger partial charge on any atom is 0.0698 e. The van der Waals surface area contributed by atoms with Crippen molar-refractivity contribution in [1.29, 1.82) is 0 Å². The first-order chi connectivity index (χ1) is 5.70. The van der Waals surface area contributed by atoms with E-state index in [1.807, 2.05) is 43.3 Å². The molecule has 1 aromatic carbocycles. The van der Waals surface area contributed by atoms with Crippen LogP contribution in [-0.4, -0.2) is 11.2 Å². The monoisotopic (exact) mass is 162 g/mol. The van der Waals surface area contributed by atoms with Crippen molar-refractivity contribution in [3.63, 3.8) is 0 Å². The van der Waals surface area contributed by atoms with Crippen molar-refractivity contribution in [3.05, 3.63) is 42.0 Å². The second-order valence-corrected chi connectivity index (χ2v) is 2.96. The van der Waals surface area contributed by atoms with Gasteiger partial charge in [-0.25, -0.2) is 0 Å². The van der Waals surface area contributed by atoms with Gasteiger partial charge in [0.25, 0.3) is 0 Å². The first-order valence-electron chi connectivity index (χ1n) is 4.12. The summed E-state index contributed by atoms with van der Waals surface area (Å²) in [6.07, 6.45) is 1.47. The molecule has 0 aliphatic rings. The third-order valence-electron chi connectivity index (χ3n) is 1.72. The molecule has 0 heterocycles. The van der Waals surface area contributed by atoms with Gasteiger partial charge in [-0.15, -0.1) is 0 Å². The lowest BCUT2D eigenvalue weighted by Gasteiger charge is -2.02. The van der Waals surface area contributed by atoms with Gasteiger partial charge in [0.05, 0.1) is 6.10 Å². The molecule has 1 aromatic rings. The Hall–Kier alpha value is -1.08. The number of benzene rings is 1. The Morgan fingerprint density at radius 2 is 1.92 bits per heavy atom. The van der Waals surface area contributed by atoms with Gasteiger partial charge in [0, 0.05) is 0 Å². The van der Waals surface area contributed by atoms with Crippen molar-refractivity contribution in [2.75, 3.05) is 0 Å². The van der Waals surface area contributed by atoms with Crippen molar-refractivity contribution in [3.8, 4) is 0 Å². The lowest BCUT2D eigenvalue weighted by atomic mass is 10.1. The van der Waals surface area contributed by atoms with Crippen LogP contribution in [0.2, 0.25) is 0 Å². The smallest absolute Gasteiger partial charge is 0.0698 e. The van der Waals surface area contributed by atoms with Crippen LogP contribution in [0.3, 0.4) is 0 Å². The Morgan fingerprint density at radius 3 is 2.42 bits per heavy atom. The summed E-state index contributed by atoms with van der Waals surface area (Å²) >= 11 is 0. The van der Waals surface area contributed by atoms with Crippen LogP contribution in [0, 0.1) is 0 Å². The van der Waals surface area contributed by atoms with E-state index in [1.165, 1.54) is 5.56 Å². The van der Waals surface area contributed by atoms with E-state index < -0.39 is 0 Å². The summed E-state index contributed by atoms with van der Waals surface area (Å²) < 4.78 is 0.